The SMILES string of the molecule is COc1ccc(Cn2c(C(N)=O)cc3c2N(c2ccc(N4CC(O)C4)nc2)C=C(F)C3)cc1. The van der Waals surface area contributed by atoms with E-state index in [1.165, 1.54) is 6.20 Å². The average Bonchev–Trinajstić information content (AvgIpc) is 3.15. The first-order chi connectivity index (χ1) is 15.9. The number of primary amides is 1. The number of carbonyl (C=O) groups excluding carboxylic acids is 1. The van der Waals surface area contributed by atoms with Gasteiger partial charge in [0.1, 0.15) is 28.9 Å². The molecule has 0 saturated carbocycles. The van der Waals surface area contributed by atoms with Crippen LogP contribution in [0.15, 0.2) is 60.7 Å². The molecular weight excluding hydrogens is 425 g/mol. The highest BCUT2D eigenvalue weighted by Gasteiger charge is 2.29. The summed E-state index contributed by atoms with van der Waals surface area (Å²) in [5.41, 5.74) is 8.26. The Kier molecular flexibility index (Phi) is 5.26. The number of amides is 1. The Morgan fingerprint density at radius 2 is 2.00 bits per heavy atom. The van der Waals surface area contributed by atoms with E-state index in [9.17, 15) is 14.3 Å². The first-order valence-corrected chi connectivity index (χ1v) is 10.6. The van der Waals surface area contributed by atoms with E-state index in [4.69, 9.17) is 10.5 Å². The third kappa shape index (κ3) is 3.91. The minimum Gasteiger partial charge on any atom is -0.497 e. The molecule has 1 fully saturated rings. The van der Waals surface area contributed by atoms with Crippen LogP contribution in [0.5, 0.6) is 5.75 Å². The highest BCUT2D eigenvalue weighted by Crippen LogP contribution is 2.38. The molecule has 5 rings (SSSR count). The van der Waals surface area contributed by atoms with Crippen molar-refractivity contribution in [2.24, 2.45) is 5.73 Å². The second-order valence-electron chi connectivity index (χ2n) is 8.23. The summed E-state index contributed by atoms with van der Waals surface area (Å²) in [6, 6.07) is 12.9. The number of pyridine rings is 1. The molecule has 8 nitrogen and oxygen atoms in total. The van der Waals surface area contributed by atoms with E-state index in [1.807, 2.05) is 45.9 Å². The number of rotatable bonds is 6. The highest BCUT2D eigenvalue weighted by molar-refractivity contribution is 5.93. The van der Waals surface area contributed by atoms with Gasteiger partial charge < -0.3 is 25.0 Å². The smallest absolute Gasteiger partial charge is 0.265 e. The number of fused-ring (bicyclic) bond motifs is 1. The van der Waals surface area contributed by atoms with Crippen molar-refractivity contribution in [2.45, 2.75) is 19.1 Å². The van der Waals surface area contributed by atoms with Gasteiger partial charge in [-0.1, -0.05) is 12.1 Å². The number of carbonyl (C=O) groups is 1. The molecule has 0 bridgehead atoms. The maximum Gasteiger partial charge on any atom is 0.265 e. The molecule has 33 heavy (non-hydrogen) atoms. The Morgan fingerprint density at radius 1 is 1.24 bits per heavy atom. The lowest BCUT2D eigenvalue weighted by molar-refractivity contribution is 0.0992. The van der Waals surface area contributed by atoms with Crippen molar-refractivity contribution >= 4 is 23.2 Å². The largest absolute Gasteiger partial charge is 0.497 e. The third-order valence-electron chi connectivity index (χ3n) is 5.95. The van der Waals surface area contributed by atoms with Crippen molar-refractivity contribution in [1.29, 1.82) is 0 Å². The van der Waals surface area contributed by atoms with Crippen LogP contribution in [-0.4, -0.2) is 46.9 Å². The molecule has 0 radical (unpaired) electrons. The van der Waals surface area contributed by atoms with E-state index in [0.29, 0.717) is 42.4 Å². The first kappa shape index (κ1) is 21.0. The Hall–Kier alpha value is -3.85. The lowest BCUT2D eigenvalue weighted by atomic mass is 10.1. The molecule has 0 unspecified atom stereocenters. The minimum atomic E-state index is -0.580. The quantitative estimate of drug-likeness (QED) is 0.601. The number of hydrogen-bond donors (Lipinski definition) is 2. The molecule has 1 saturated heterocycles. The van der Waals surface area contributed by atoms with Gasteiger partial charge in [0.15, 0.2) is 0 Å². The zero-order chi connectivity index (χ0) is 23.1. The van der Waals surface area contributed by atoms with Gasteiger partial charge >= 0.3 is 0 Å². The lowest BCUT2D eigenvalue weighted by Gasteiger charge is -2.37. The summed E-state index contributed by atoms with van der Waals surface area (Å²) in [5.74, 6) is 1.25. The number of aromatic nitrogens is 2. The predicted octanol–water partition coefficient (Wildman–Crippen LogP) is 2.72. The number of benzene rings is 1. The van der Waals surface area contributed by atoms with Crippen molar-refractivity contribution in [3.8, 4) is 5.75 Å². The number of nitrogens with two attached hydrogens (primary N) is 1. The van der Waals surface area contributed by atoms with Gasteiger partial charge in [0, 0.05) is 37.8 Å². The third-order valence-corrected chi connectivity index (χ3v) is 5.95. The molecule has 2 aliphatic rings. The summed E-state index contributed by atoms with van der Waals surface area (Å²) in [6.07, 6.45) is 2.83. The van der Waals surface area contributed by atoms with Gasteiger partial charge in [-0.3, -0.25) is 9.69 Å². The summed E-state index contributed by atoms with van der Waals surface area (Å²) in [4.78, 5) is 20.4. The summed E-state index contributed by atoms with van der Waals surface area (Å²) in [6.45, 7) is 1.46. The molecule has 2 aliphatic heterocycles. The minimum absolute atomic E-state index is 0.0822. The van der Waals surface area contributed by atoms with Gasteiger partial charge in [0.05, 0.1) is 25.1 Å². The number of allylic oxidation sites excluding steroid dienone is 1. The van der Waals surface area contributed by atoms with E-state index in [0.717, 1.165) is 17.1 Å². The van der Waals surface area contributed by atoms with Crippen molar-refractivity contribution in [1.82, 2.24) is 9.55 Å². The van der Waals surface area contributed by atoms with Crippen LogP contribution in [0.4, 0.5) is 21.7 Å². The first-order valence-electron chi connectivity index (χ1n) is 10.6. The van der Waals surface area contributed by atoms with Gasteiger partial charge in [-0.15, -0.1) is 0 Å². The fourth-order valence-corrected chi connectivity index (χ4v) is 4.26. The fourth-order valence-electron chi connectivity index (χ4n) is 4.26. The molecule has 170 valence electrons. The summed E-state index contributed by atoms with van der Waals surface area (Å²) in [7, 11) is 1.60. The van der Waals surface area contributed by atoms with Crippen LogP contribution >= 0.6 is 0 Å². The topological polar surface area (TPSA) is 96.9 Å². The highest BCUT2D eigenvalue weighted by atomic mass is 19.1. The molecule has 1 amide bonds. The van der Waals surface area contributed by atoms with Crippen LogP contribution < -0.4 is 20.3 Å². The molecule has 0 atom stereocenters. The van der Waals surface area contributed by atoms with E-state index in [1.54, 1.807) is 24.3 Å². The summed E-state index contributed by atoms with van der Waals surface area (Å²) < 4.78 is 21.6. The zero-order valence-electron chi connectivity index (χ0n) is 18.1. The predicted molar refractivity (Wildman–Crippen MR) is 123 cm³/mol. The Morgan fingerprint density at radius 3 is 2.61 bits per heavy atom. The summed E-state index contributed by atoms with van der Waals surface area (Å²) >= 11 is 0. The molecule has 9 heteroatoms. The Bertz CT molecular complexity index is 1210. The Labute approximate surface area is 190 Å². The molecule has 3 aromatic rings. The van der Waals surface area contributed by atoms with Gasteiger partial charge in [-0.2, -0.15) is 0 Å². The van der Waals surface area contributed by atoms with Gasteiger partial charge in [0.2, 0.25) is 0 Å². The van der Waals surface area contributed by atoms with Crippen LogP contribution in [0.25, 0.3) is 0 Å². The van der Waals surface area contributed by atoms with Gasteiger partial charge in [-0.25, -0.2) is 9.37 Å². The van der Waals surface area contributed by atoms with Crippen LogP contribution in [0, 0.1) is 0 Å². The number of ether oxygens (including phenoxy) is 1. The normalized spacial score (nSPS) is 15.7. The van der Waals surface area contributed by atoms with Crippen LogP contribution in [0.3, 0.4) is 0 Å². The van der Waals surface area contributed by atoms with Crippen LogP contribution in [-0.2, 0) is 13.0 Å². The molecule has 0 aliphatic carbocycles. The van der Waals surface area contributed by atoms with E-state index in [2.05, 4.69) is 4.98 Å². The van der Waals surface area contributed by atoms with E-state index >= 15 is 0 Å². The number of β-amino-alcohol motifs (C(OH)–C–C–N with tert-alkyl or cyclic N) is 1. The van der Waals surface area contributed by atoms with Crippen molar-refractivity contribution in [2.75, 3.05) is 30.0 Å². The van der Waals surface area contributed by atoms with E-state index < -0.39 is 5.91 Å². The molecule has 1 aromatic carbocycles. The van der Waals surface area contributed by atoms with Crippen molar-refractivity contribution < 1.29 is 19.0 Å². The molecular formula is C24H24FN5O3. The number of aliphatic hydroxyl groups excluding tert-OH is 1. The Balaban J connectivity index is 1.53. The lowest BCUT2D eigenvalue weighted by Crippen LogP contribution is -2.51. The van der Waals surface area contributed by atoms with Gasteiger partial charge in [0.25, 0.3) is 5.91 Å². The fraction of sp³-hybridized carbons (Fsp3) is 0.250. The molecule has 0 spiro atoms. The number of anilines is 3. The average molecular weight is 449 g/mol. The molecule has 3 N–H and O–H groups in total. The van der Waals surface area contributed by atoms with Crippen LogP contribution in [0.2, 0.25) is 0 Å². The van der Waals surface area contributed by atoms with Crippen molar-refractivity contribution in [3.05, 3.63) is 77.5 Å². The van der Waals surface area contributed by atoms with Crippen molar-refractivity contribution in [3.63, 3.8) is 0 Å². The van der Waals surface area contributed by atoms with E-state index in [-0.39, 0.29) is 18.4 Å². The standard InChI is InChI=1S/C24H24FN5O3/c1-33-20-5-2-15(3-6-20)11-30-21(23(26)32)9-16-8-17(25)12-29(24(16)30)18-4-7-22(27-10-18)28-13-19(31)14-28/h2-7,9-10,12,19,31H,8,11,13-14H2,1H3,(H2,26,32). The molecule has 4 heterocycles. The number of hydrogen-bond acceptors (Lipinski definition) is 6. The number of aliphatic hydroxyl groups is 1. The number of nitrogens with zero attached hydrogens (tertiary/aromatic N) is 4. The maximum absolute atomic E-state index is 14.6. The summed E-state index contributed by atoms with van der Waals surface area (Å²) in [5, 5.41) is 9.53. The van der Waals surface area contributed by atoms with Gasteiger partial charge in [-0.05, 0) is 35.9 Å². The molecule has 2 aromatic heterocycles. The number of halogens is 1. The zero-order valence-corrected chi connectivity index (χ0v) is 18.1. The maximum atomic E-state index is 14.6. The second-order valence-corrected chi connectivity index (χ2v) is 8.23. The van der Waals surface area contributed by atoms with Crippen LogP contribution in [0.1, 0.15) is 21.6 Å². The second kappa shape index (κ2) is 8.25. The monoisotopic (exact) mass is 449 g/mol. The number of methoxy groups -OCH3 is 1.